The third-order valence-corrected chi connectivity index (χ3v) is 2.93. The molecule has 1 atom stereocenters. The largest absolute Gasteiger partial charge is 0.329 e. The normalized spacial score (nSPS) is 13.3. The van der Waals surface area contributed by atoms with Crippen LogP contribution in [0.3, 0.4) is 0 Å². The quantitative estimate of drug-likeness (QED) is 0.747. The monoisotopic (exact) mass is 225 g/mol. The first-order chi connectivity index (χ1) is 7.71. The van der Waals surface area contributed by atoms with Crippen LogP contribution < -0.4 is 5.73 Å². The van der Waals surface area contributed by atoms with Crippen LogP contribution in [0.15, 0.2) is 6.20 Å². The molecule has 0 aliphatic carbocycles. The van der Waals surface area contributed by atoms with E-state index < -0.39 is 0 Å². The number of hydrogen-bond acceptors (Lipinski definition) is 4. The molecule has 0 aliphatic heterocycles. The summed E-state index contributed by atoms with van der Waals surface area (Å²) >= 11 is 0. The highest BCUT2D eigenvalue weighted by Gasteiger charge is 2.12. The molecule has 5 nitrogen and oxygen atoms in total. The predicted octanol–water partition coefficient (Wildman–Crippen LogP) is 0.857. The van der Waals surface area contributed by atoms with Crippen LogP contribution in [-0.4, -0.2) is 39.0 Å². The summed E-state index contributed by atoms with van der Waals surface area (Å²) in [4.78, 5) is 2.40. The maximum absolute atomic E-state index is 5.47. The van der Waals surface area contributed by atoms with E-state index in [1.165, 1.54) is 0 Å². The summed E-state index contributed by atoms with van der Waals surface area (Å²) in [6.07, 6.45) is 3.14. The molecular formula is C11H23N5. The number of nitrogens with zero attached hydrogens (tertiary/aromatic N) is 4. The average Bonchev–Trinajstić information content (AvgIpc) is 2.73. The van der Waals surface area contributed by atoms with Gasteiger partial charge in [-0.2, -0.15) is 0 Å². The van der Waals surface area contributed by atoms with Crippen molar-refractivity contribution in [3.05, 3.63) is 11.9 Å². The molecule has 0 saturated heterocycles. The number of rotatable bonds is 7. The number of aromatic nitrogens is 3. The minimum Gasteiger partial charge on any atom is -0.329 e. The molecule has 0 saturated carbocycles. The van der Waals surface area contributed by atoms with Crippen molar-refractivity contribution in [3.8, 4) is 0 Å². The average molecular weight is 225 g/mol. The van der Waals surface area contributed by atoms with Gasteiger partial charge in [0.25, 0.3) is 0 Å². The fraction of sp³-hybridized carbons (Fsp3) is 0.818. The van der Waals surface area contributed by atoms with E-state index in [1.807, 2.05) is 6.20 Å². The third kappa shape index (κ3) is 3.57. The first-order valence-electron chi connectivity index (χ1n) is 6.04. The smallest absolute Gasteiger partial charge is 0.0967 e. The van der Waals surface area contributed by atoms with E-state index in [0.29, 0.717) is 12.6 Å². The van der Waals surface area contributed by atoms with Gasteiger partial charge in [0, 0.05) is 25.3 Å². The van der Waals surface area contributed by atoms with Gasteiger partial charge in [0.15, 0.2) is 0 Å². The van der Waals surface area contributed by atoms with E-state index in [1.54, 1.807) is 4.68 Å². The van der Waals surface area contributed by atoms with Gasteiger partial charge in [0.05, 0.1) is 12.2 Å². The predicted molar refractivity (Wildman–Crippen MR) is 64.9 cm³/mol. The Bertz CT molecular complexity index is 296. The summed E-state index contributed by atoms with van der Waals surface area (Å²) in [5.41, 5.74) is 6.49. The Kier molecular flexibility index (Phi) is 5.42. The number of nitrogens with two attached hydrogens (primary N) is 1. The van der Waals surface area contributed by atoms with Crippen molar-refractivity contribution in [1.82, 2.24) is 19.9 Å². The van der Waals surface area contributed by atoms with Crippen molar-refractivity contribution in [1.29, 1.82) is 0 Å². The maximum atomic E-state index is 5.47. The van der Waals surface area contributed by atoms with Crippen LogP contribution in [0.25, 0.3) is 0 Å². The van der Waals surface area contributed by atoms with Crippen LogP contribution in [0.2, 0.25) is 0 Å². The first kappa shape index (κ1) is 13.1. The Morgan fingerprint density at radius 3 is 2.81 bits per heavy atom. The summed E-state index contributed by atoms with van der Waals surface area (Å²) in [6, 6.07) is 0.588. The summed E-state index contributed by atoms with van der Waals surface area (Å²) in [5.74, 6) is 0. The van der Waals surface area contributed by atoms with Gasteiger partial charge >= 0.3 is 0 Å². The molecule has 0 spiro atoms. The van der Waals surface area contributed by atoms with Crippen molar-refractivity contribution in [2.45, 2.75) is 46.3 Å². The second-order valence-electron chi connectivity index (χ2n) is 4.08. The van der Waals surface area contributed by atoms with Gasteiger partial charge in [0.1, 0.15) is 0 Å². The summed E-state index contributed by atoms with van der Waals surface area (Å²) in [5, 5.41) is 8.19. The minimum absolute atomic E-state index is 0.588. The Labute approximate surface area is 97.6 Å². The molecule has 2 N–H and O–H groups in total. The van der Waals surface area contributed by atoms with Gasteiger partial charge in [-0.3, -0.25) is 9.58 Å². The van der Waals surface area contributed by atoms with E-state index in [2.05, 4.69) is 36.0 Å². The highest BCUT2D eigenvalue weighted by atomic mass is 15.4. The molecule has 0 radical (unpaired) electrons. The van der Waals surface area contributed by atoms with Crippen LogP contribution in [-0.2, 0) is 13.1 Å². The lowest BCUT2D eigenvalue weighted by Crippen LogP contribution is -2.31. The molecule has 1 heterocycles. The third-order valence-electron chi connectivity index (χ3n) is 2.93. The fourth-order valence-electron chi connectivity index (χ4n) is 1.70. The highest BCUT2D eigenvalue weighted by Crippen LogP contribution is 2.07. The van der Waals surface area contributed by atoms with Crippen molar-refractivity contribution >= 4 is 0 Å². The Morgan fingerprint density at radius 2 is 2.25 bits per heavy atom. The molecule has 1 unspecified atom stereocenters. The lowest BCUT2D eigenvalue weighted by atomic mass is 10.2. The SMILES string of the molecule is CCC(C)N(CC)Cc1cn(CCN)nn1. The zero-order valence-electron chi connectivity index (χ0n) is 10.6. The summed E-state index contributed by atoms with van der Waals surface area (Å²) < 4.78 is 1.81. The van der Waals surface area contributed by atoms with Gasteiger partial charge in [-0.1, -0.05) is 19.1 Å². The van der Waals surface area contributed by atoms with Gasteiger partial charge in [0.2, 0.25) is 0 Å². The van der Waals surface area contributed by atoms with E-state index in [0.717, 1.165) is 31.7 Å². The van der Waals surface area contributed by atoms with Crippen molar-refractivity contribution in [2.24, 2.45) is 5.73 Å². The molecule has 92 valence electrons. The lowest BCUT2D eigenvalue weighted by Gasteiger charge is -2.25. The molecule has 0 bridgehead atoms. The van der Waals surface area contributed by atoms with E-state index >= 15 is 0 Å². The molecule has 16 heavy (non-hydrogen) atoms. The van der Waals surface area contributed by atoms with Crippen molar-refractivity contribution in [2.75, 3.05) is 13.1 Å². The minimum atomic E-state index is 0.588. The van der Waals surface area contributed by atoms with Crippen LogP contribution in [0.1, 0.15) is 32.9 Å². The van der Waals surface area contributed by atoms with Crippen LogP contribution >= 0.6 is 0 Å². The second-order valence-corrected chi connectivity index (χ2v) is 4.08. The van der Waals surface area contributed by atoms with E-state index in [-0.39, 0.29) is 0 Å². The molecule has 0 fully saturated rings. The molecule has 1 rings (SSSR count). The van der Waals surface area contributed by atoms with Crippen LogP contribution in [0.4, 0.5) is 0 Å². The fourth-order valence-corrected chi connectivity index (χ4v) is 1.70. The zero-order valence-corrected chi connectivity index (χ0v) is 10.6. The standard InChI is InChI=1S/C11H23N5/c1-4-10(3)15(5-2)8-11-9-16(7-6-12)14-13-11/h9-10H,4-8,12H2,1-3H3. The topological polar surface area (TPSA) is 60.0 Å². The van der Waals surface area contributed by atoms with Gasteiger partial charge in [-0.25, -0.2) is 0 Å². The molecule has 0 aromatic carbocycles. The summed E-state index contributed by atoms with van der Waals surface area (Å²) in [7, 11) is 0. The Morgan fingerprint density at radius 1 is 1.50 bits per heavy atom. The second kappa shape index (κ2) is 6.60. The molecule has 1 aromatic rings. The molecule has 0 aliphatic rings. The molecule has 1 aromatic heterocycles. The Balaban J connectivity index is 2.56. The van der Waals surface area contributed by atoms with Gasteiger partial charge in [-0.05, 0) is 19.9 Å². The molecular weight excluding hydrogens is 202 g/mol. The number of hydrogen-bond donors (Lipinski definition) is 1. The first-order valence-corrected chi connectivity index (χ1v) is 6.04. The highest BCUT2D eigenvalue weighted by molar-refractivity contribution is 4.92. The van der Waals surface area contributed by atoms with Gasteiger partial charge < -0.3 is 5.73 Å². The Hall–Kier alpha value is -0.940. The zero-order chi connectivity index (χ0) is 12.0. The molecule has 0 amide bonds. The van der Waals surface area contributed by atoms with Crippen LogP contribution in [0.5, 0.6) is 0 Å². The van der Waals surface area contributed by atoms with E-state index in [4.69, 9.17) is 5.73 Å². The lowest BCUT2D eigenvalue weighted by molar-refractivity contribution is 0.203. The summed E-state index contributed by atoms with van der Waals surface area (Å²) in [6.45, 7) is 9.88. The van der Waals surface area contributed by atoms with Crippen molar-refractivity contribution in [3.63, 3.8) is 0 Å². The van der Waals surface area contributed by atoms with Crippen LogP contribution in [0, 0.1) is 0 Å². The van der Waals surface area contributed by atoms with Gasteiger partial charge in [-0.15, -0.1) is 5.10 Å². The molecule has 5 heteroatoms. The maximum Gasteiger partial charge on any atom is 0.0967 e. The van der Waals surface area contributed by atoms with Crippen molar-refractivity contribution < 1.29 is 0 Å². The van der Waals surface area contributed by atoms with E-state index in [9.17, 15) is 0 Å².